The minimum atomic E-state index is 0.889. The lowest BCUT2D eigenvalue weighted by atomic mass is 9.99. The highest BCUT2D eigenvalue weighted by atomic mass is 14.0. The summed E-state index contributed by atoms with van der Waals surface area (Å²) in [6, 6.07) is 0. The predicted molar refractivity (Wildman–Crippen MR) is 71.2 cm³/mol. The highest BCUT2D eigenvalue weighted by Gasteiger charge is 1.98. The maximum absolute atomic E-state index is 2.39. The van der Waals surface area contributed by atoms with Crippen LogP contribution in [0, 0.1) is 5.92 Å². The van der Waals surface area contributed by atoms with Gasteiger partial charge in [0.25, 0.3) is 0 Å². The Morgan fingerprint density at radius 2 is 1.60 bits per heavy atom. The van der Waals surface area contributed by atoms with Crippen LogP contribution in [0.1, 0.15) is 78.6 Å². The van der Waals surface area contributed by atoms with Crippen molar-refractivity contribution in [1.82, 2.24) is 0 Å². The second kappa shape index (κ2) is 11.8. The zero-order valence-corrected chi connectivity index (χ0v) is 11.1. The molecule has 0 aromatic heterocycles. The molecule has 0 spiro atoms. The molecule has 0 aliphatic carbocycles. The fraction of sp³-hybridized carbons (Fsp3) is 0.867. The normalized spacial score (nSPS) is 13.5. The van der Waals surface area contributed by atoms with Crippen molar-refractivity contribution in [1.29, 1.82) is 0 Å². The van der Waals surface area contributed by atoms with E-state index in [9.17, 15) is 0 Å². The van der Waals surface area contributed by atoms with Crippen LogP contribution in [0.2, 0.25) is 0 Å². The van der Waals surface area contributed by atoms with Crippen molar-refractivity contribution in [2.24, 2.45) is 5.92 Å². The second-order valence-corrected chi connectivity index (χ2v) is 4.80. The Kier molecular flexibility index (Phi) is 11.6. The zero-order chi connectivity index (χ0) is 11.4. The van der Waals surface area contributed by atoms with Crippen molar-refractivity contribution in [3.63, 3.8) is 0 Å². The molecule has 15 heavy (non-hydrogen) atoms. The summed E-state index contributed by atoms with van der Waals surface area (Å²) < 4.78 is 0. The summed E-state index contributed by atoms with van der Waals surface area (Å²) in [6.07, 6.45) is 17.0. The summed E-state index contributed by atoms with van der Waals surface area (Å²) in [4.78, 5) is 0. The largest absolute Gasteiger partial charge is 0.0885 e. The number of unbranched alkanes of at least 4 members (excludes halogenated alkanes) is 5. The van der Waals surface area contributed by atoms with Crippen LogP contribution in [-0.2, 0) is 0 Å². The summed E-state index contributed by atoms with van der Waals surface area (Å²) in [5.74, 6) is 0.889. The van der Waals surface area contributed by atoms with Crippen LogP contribution < -0.4 is 0 Å². The molecule has 1 unspecified atom stereocenters. The Balaban J connectivity index is 3.24. The maximum atomic E-state index is 2.39. The Bertz CT molecular complexity index is 135. The molecule has 0 aliphatic heterocycles. The topological polar surface area (TPSA) is 0 Å². The monoisotopic (exact) mass is 210 g/mol. The summed E-state index contributed by atoms with van der Waals surface area (Å²) in [5.41, 5.74) is 0. The molecule has 0 aliphatic rings. The molecule has 0 heteroatoms. The van der Waals surface area contributed by atoms with E-state index in [1.54, 1.807) is 0 Å². The Morgan fingerprint density at radius 1 is 0.867 bits per heavy atom. The van der Waals surface area contributed by atoms with Crippen molar-refractivity contribution in [3.8, 4) is 0 Å². The first kappa shape index (κ1) is 14.7. The van der Waals surface area contributed by atoms with Gasteiger partial charge in [-0.15, -0.1) is 0 Å². The standard InChI is InChI=1S/C15H30/c1-4-6-8-10-12-14-15(3)13-11-9-7-5-2/h10,12,15H,4-9,11,13-14H2,1-3H3/b12-10+. The SMILES string of the molecule is CCCC/C=C/CC(C)CCCCCC. The van der Waals surface area contributed by atoms with Gasteiger partial charge < -0.3 is 0 Å². The highest BCUT2D eigenvalue weighted by Crippen LogP contribution is 2.14. The molecule has 0 amide bonds. The molecule has 0 fully saturated rings. The molecule has 0 aromatic carbocycles. The van der Waals surface area contributed by atoms with E-state index in [0.717, 1.165) is 5.92 Å². The van der Waals surface area contributed by atoms with Gasteiger partial charge in [-0.05, 0) is 18.8 Å². The van der Waals surface area contributed by atoms with Gasteiger partial charge in [0.1, 0.15) is 0 Å². The average Bonchev–Trinajstić information content (AvgIpc) is 2.24. The number of hydrogen-bond donors (Lipinski definition) is 0. The van der Waals surface area contributed by atoms with Gasteiger partial charge in [-0.25, -0.2) is 0 Å². The number of rotatable bonds is 10. The molecule has 0 saturated heterocycles. The van der Waals surface area contributed by atoms with Crippen molar-refractivity contribution < 1.29 is 0 Å². The van der Waals surface area contributed by atoms with Crippen LogP contribution in [-0.4, -0.2) is 0 Å². The molecule has 0 aromatic rings. The van der Waals surface area contributed by atoms with E-state index in [1.807, 2.05) is 0 Å². The number of allylic oxidation sites excluding steroid dienone is 2. The summed E-state index contributed by atoms with van der Waals surface area (Å²) >= 11 is 0. The van der Waals surface area contributed by atoms with Crippen LogP contribution in [0.15, 0.2) is 12.2 Å². The third-order valence-corrected chi connectivity index (χ3v) is 2.98. The van der Waals surface area contributed by atoms with Crippen LogP contribution >= 0.6 is 0 Å². The van der Waals surface area contributed by atoms with E-state index in [0.29, 0.717) is 0 Å². The minimum absolute atomic E-state index is 0.889. The number of hydrogen-bond acceptors (Lipinski definition) is 0. The van der Waals surface area contributed by atoms with Gasteiger partial charge in [0.15, 0.2) is 0 Å². The van der Waals surface area contributed by atoms with Gasteiger partial charge in [-0.1, -0.05) is 77.9 Å². The summed E-state index contributed by atoms with van der Waals surface area (Å²) in [7, 11) is 0. The lowest BCUT2D eigenvalue weighted by Crippen LogP contribution is -1.92. The third kappa shape index (κ3) is 11.7. The lowest BCUT2D eigenvalue weighted by Gasteiger charge is -2.07. The van der Waals surface area contributed by atoms with E-state index in [1.165, 1.54) is 57.8 Å². The molecule has 90 valence electrons. The minimum Gasteiger partial charge on any atom is -0.0885 e. The van der Waals surface area contributed by atoms with E-state index < -0.39 is 0 Å². The third-order valence-electron chi connectivity index (χ3n) is 2.98. The van der Waals surface area contributed by atoms with E-state index >= 15 is 0 Å². The molecular formula is C15H30. The molecule has 1 atom stereocenters. The highest BCUT2D eigenvalue weighted by molar-refractivity contribution is 4.82. The van der Waals surface area contributed by atoms with Gasteiger partial charge in [-0.3, -0.25) is 0 Å². The van der Waals surface area contributed by atoms with Crippen LogP contribution in [0.4, 0.5) is 0 Å². The smallest absolute Gasteiger partial charge is 0.0325 e. The van der Waals surface area contributed by atoms with Crippen LogP contribution in [0.25, 0.3) is 0 Å². The van der Waals surface area contributed by atoms with Crippen LogP contribution in [0.3, 0.4) is 0 Å². The summed E-state index contributed by atoms with van der Waals surface area (Å²) in [5, 5.41) is 0. The van der Waals surface area contributed by atoms with Crippen molar-refractivity contribution >= 4 is 0 Å². The molecule has 0 heterocycles. The first-order valence-electron chi connectivity index (χ1n) is 6.96. The first-order chi connectivity index (χ1) is 7.31. The van der Waals surface area contributed by atoms with E-state index in [2.05, 4.69) is 32.9 Å². The molecule has 0 radical (unpaired) electrons. The Hall–Kier alpha value is -0.260. The molecular weight excluding hydrogens is 180 g/mol. The van der Waals surface area contributed by atoms with Gasteiger partial charge in [0.05, 0.1) is 0 Å². The van der Waals surface area contributed by atoms with Gasteiger partial charge >= 0.3 is 0 Å². The van der Waals surface area contributed by atoms with Crippen molar-refractivity contribution in [2.45, 2.75) is 78.6 Å². The molecule has 0 rings (SSSR count). The van der Waals surface area contributed by atoms with Crippen molar-refractivity contribution in [2.75, 3.05) is 0 Å². The molecule has 0 saturated carbocycles. The summed E-state index contributed by atoms with van der Waals surface area (Å²) in [6.45, 7) is 6.92. The van der Waals surface area contributed by atoms with E-state index in [-0.39, 0.29) is 0 Å². The van der Waals surface area contributed by atoms with Gasteiger partial charge in [0.2, 0.25) is 0 Å². The maximum Gasteiger partial charge on any atom is -0.0325 e. The quantitative estimate of drug-likeness (QED) is 0.319. The first-order valence-corrected chi connectivity index (χ1v) is 6.96. The Morgan fingerprint density at radius 3 is 2.27 bits per heavy atom. The molecule has 0 nitrogen and oxygen atoms in total. The zero-order valence-electron chi connectivity index (χ0n) is 11.1. The van der Waals surface area contributed by atoms with Crippen LogP contribution in [0.5, 0.6) is 0 Å². The fourth-order valence-electron chi connectivity index (χ4n) is 1.81. The van der Waals surface area contributed by atoms with Gasteiger partial charge in [0, 0.05) is 0 Å². The molecule has 0 N–H and O–H groups in total. The average molecular weight is 210 g/mol. The lowest BCUT2D eigenvalue weighted by molar-refractivity contribution is 0.493. The molecule has 0 bridgehead atoms. The van der Waals surface area contributed by atoms with E-state index in [4.69, 9.17) is 0 Å². The predicted octanol–water partition coefficient (Wildman–Crippen LogP) is 5.73. The Labute approximate surface area is 97.2 Å². The fourth-order valence-corrected chi connectivity index (χ4v) is 1.81. The second-order valence-electron chi connectivity index (χ2n) is 4.80. The van der Waals surface area contributed by atoms with Crippen molar-refractivity contribution in [3.05, 3.63) is 12.2 Å². The van der Waals surface area contributed by atoms with Gasteiger partial charge in [-0.2, -0.15) is 0 Å².